The highest BCUT2D eigenvalue weighted by Gasteiger charge is 2.28. The van der Waals surface area contributed by atoms with Crippen molar-refractivity contribution in [2.45, 2.75) is 0 Å². The number of benzene rings is 3. The molecule has 0 unspecified atom stereocenters. The fourth-order valence-electron chi connectivity index (χ4n) is 3.09. The number of nitrogens with zero attached hydrogens (tertiary/aromatic N) is 1. The number of non-ortho nitro benzene ring substituents is 1. The Bertz CT molecular complexity index is 1110. The Morgan fingerprint density at radius 2 is 1.71 bits per heavy atom. The van der Waals surface area contributed by atoms with Crippen molar-refractivity contribution >= 4 is 45.8 Å². The Hall–Kier alpha value is -3.64. The first-order chi connectivity index (χ1) is 13.5. The molecule has 0 saturated carbocycles. The van der Waals surface area contributed by atoms with Crippen molar-refractivity contribution in [2.24, 2.45) is 0 Å². The Balaban J connectivity index is 1.85. The number of halogens is 1. The molecule has 0 radical (unpaired) electrons. The van der Waals surface area contributed by atoms with E-state index in [1.54, 1.807) is 30.3 Å². The van der Waals surface area contributed by atoms with Gasteiger partial charge in [0, 0.05) is 28.4 Å². The molecule has 1 amide bonds. The highest BCUT2D eigenvalue weighted by atomic mass is 35.5. The first-order valence-corrected chi connectivity index (χ1v) is 8.83. The number of fused-ring (bicyclic) bond motifs is 1. The van der Waals surface area contributed by atoms with Crippen molar-refractivity contribution < 1.29 is 9.72 Å². The summed E-state index contributed by atoms with van der Waals surface area (Å²) in [7, 11) is 0. The lowest BCUT2D eigenvalue weighted by Gasteiger charge is -2.14. The maximum Gasteiger partial charge on any atom is 0.269 e. The zero-order valence-electron chi connectivity index (χ0n) is 14.5. The van der Waals surface area contributed by atoms with Crippen molar-refractivity contribution in [1.82, 2.24) is 0 Å². The van der Waals surface area contributed by atoms with E-state index in [1.165, 1.54) is 12.1 Å². The van der Waals surface area contributed by atoms with E-state index in [2.05, 4.69) is 10.6 Å². The van der Waals surface area contributed by atoms with Gasteiger partial charge in [-0.3, -0.25) is 14.9 Å². The lowest BCUT2D eigenvalue weighted by molar-refractivity contribution is -0.384. The van der Waals surface area contributed by atoms with Crippen LogP contribution < -0.4 is 10.6 Å². The van der Waals surface area contributed by atoms with E-state index >= 15 is 0 Å². The number of anilines is 2. The van der Waals surface area contributed by atoms with E-state index in [-0.39, 0.29) is 11.6 Å². The maximum atomic E-state index is 12.7. The van der Waals surface area contributed by atoms with Crippen LogP contribution in [0.1, 0.15) is 11.1 Å². The minimum Gasteiger partial charge on any atom is -0.354 e. The van der Waals surface area contributed by atoms with Gasteiger partial charge in [-0.05, 0) is 29.8 Å². The first kappa shape index (κ1) is 17.8. The molecule has 0 fully saturated rings. The molecule has 0 bridgehead atoms. The highest BCUT2D eigenvalue weighted by molar-refractivity contribution is 6.38. The molecule has 1 aliphatic heterocycles. The van der Waals surface area contributed by atoms with E-state index in [0.717, 1.165) is 11.1 Å². The van der Waals surface area contributed by atoms with Crippen LogP contribution in [0.15, 0.2) is 72.8 Å². The van der Waals surface area contributed by atoms with Crippen LogP contribution in [0.2, 0.25) is 5.02 Å². The van der Waals surface area contributed by atoms with Crippen molar-refractivity contribution in [3.05, 3.63) is 99.1 Å². The molecule has 1 heterocycles. The topological polar surface area (TPSA) is 84.3 Å². The normalized spacial score (nSPS) is 14.2. The molecular weight excluding hydrogens is 378 g/mol. The van der Waals surface area contributed by atoms with Crippen molar-refractivity contribution in [1.29, 1.82) is 0 Å². The Morgan fingerprint density at radius 1 is 1.00 bits per heavy atom. The van der Waals surface area contributed by atoms with E-state index in [1.807, 2.05) is 30.3 Å². The molecule has 0 spiro atoms. The summed E-state index contributed by atoms with van der Waals surface area (Å²) in [5.41, 5.74) is 3.91. The summed E-state index contributed by atoms with van der Waals surface area (Å²) in [6, 6.07) is 20.7. The first-order valence-electron chi connectivity index (χ1n) is 8.45. The van der Waals surface area contributed by atoms with Crippen molar-refractivity contribution in [3.8, 4) is 0 Å². The van der Waals surface area contributed by atoms with Gasteiger partial charge in [0.15, 0.2) is 0 Å². The van der Waals surface area contributed by atoms with Gasteiger partial charge < -0.3 is 10.6 Å². The monoisotopic (exact) mass is 391 g/mol. The highest BCUT2D eigenvalue weighted by Crippen LogP contribution is 2.38. The van der Waals surface area contributed by atoms with Crippen LogP contribution in [0.25, 0.3) is 11.3 Å². The van der Waals surface area contributed by atoms with Crippen LogP contribution >= 0.6 is 11.6 Å². The van der Waals surface area contributed by atoms with Crippen LogP contribution in [0.5, 0.6) is 0 Å². The van der Waals surface area contributed by atoms with Gasteiger partial charge in [0.05, 0.1) is 21.9 Å². The van der Waals surface area contributed by atoms with E-state index in [4.69, 9.17) is 11.6 Å². The zero-order valence-corrected chi connectivity index (χ0v) is 15.2. The fourth-order valence-corrected chi connectivity index (χ4v) is 3.26. The Morgan fingerprint density at radius 3 is 2.39 bits per heavy atom. The number of carbonyl (C=O) groups excluding carboxylic acids is 1. The summed E-state index contributed by atoms with van der Waals surface area (Å²) >= 11 is 6.05. The summed E-state index contributed by atoms with van der Waals surface area (Å²) in [4.78, 5) is 23.2. The lowest BCUT2D eigenvalue weighted by Crippen LogP contribution is -2.10. The average Bonchev–Trinajstić information content (AvgIpc) is 3.01. The Labute approximate surface area is 165 Å². The molecule has 3 aromatic rings. The number of hydrogen-bond acceptors (Lipinski definition) is 4. The molecule has 0 aliphatic carbocycles. The van der Waals surface area contributed by atoms with Gasteiger partial charge in [-0.2, -0.15) is 0 Å². The molecule has 3 aromatic carbocycles. The minimum atomic E-state index is -0.454. The largest absolute Gasteiger partial charge is 0.354 e. The summed E-state index contributed by atoms with van der Waals surface area (Å²) in [6.45, 7) is 0. The molecule has 0 atom stereocenters. The predicted molar refractivity (Wildman–Crippen MR) is 110 cm³/mol. The SMILES string of the molecule is O=C1Nc2cc(Cl)ccc2C1=C(Nc1ccc([N+](=O)[O-])cc1)c1ccccc1. The number of nitro groups is 1. The quantitative estimate of drug-likeness (QED) is 0.364. The van der Waals surface area contributed by atoms with Crippen LogP contribution in [0.4, 0.5) is 17.1 Å². The standard InChI is InChI=1S/C21H14ClN3O3/c22-14-6-11-17-18(12-14)24-21(26)19(17)20(13-4-2-1-3-5-13)23-15-7-9-16(10-8-15)25(27)28/h1-12,23H,(H,24,26). The van der Waals surface area contributed by atoms with Crippen LogP contribution in [0.3, 0.4) is 0 Å². The third-order valence-corrected chi connectivity index (χ3v) is 4.62. The third-order valence-electron chi connectivity index (χ3n) is 4.39. The van der Waals surface area contributed by atoms with Crippen LogP contribution in [-0.2, 0) is 4.79 Å². The molecule has 2 N–H and O–H groups in total. The van der Waals surface area contributed by atoms with Gasteiger partial charge in [0.25, 0.3) is 11.6 Å². The second-order valence-corrected chi connectivity index (χ2v) is 6.63. The molecule has 0 saturated heterocycles. The lowest BCUT2D eigenvalue weighted by atomic mass is 10.00. The van der Waals surface area contributed by atoms with E-state index in [9.17, 15) is 14.9 Å². The Kier molecular flexibility index (Phi) is 4.55. The summed E-state index contributed by atoms with van der Waals surface area (Å²) in [6.07, 6.45) is 0. The zero-order chi connectivity index (χ0) is 19.7. The second-order valence-electron chi connectivity index (χ2n) is 6.19. The van der Waals surface area contributed by atoms with Gasteiger partial charge in [-0.25, -0.2) is 0 Å². The van der Waals surface area contributed by atoms with Crippen LogP contribution in [-0.4, -0.2) is 10.8 Å². The number of nitrogens with one attached hydrogen (secondary N) is 2. The third kappa shape index (κ3) is 3.33. The fraction of sp³-hybridized carbons (Fsp3) is 0. The molecular formula is C21H14ClN3O3. The summed E-state index contributed by atoms with van der Waals surface area (Å²) < 4.78 is 0. The smallest absolute Gasteiger partial charge is 0.269 e. The molecule has 28 heavy (non-hydrogen) atoms. The molecule has 7 heteroatoms. The predicted octanol–water partition coefficient (Wildman–Crippen LogP) is 5.18. The van der Waals surface area contributed by atoms with E-state index < -0.39 is 4.92 Å². The van der Waals surface area contributed by atoms with Gasteiger partial charge in [0.2, 0.25) is 0 Å². The maximum absolute atomic E-state index is 12.7. The number of rotatable bonds is 4. The van der Waals surface area contributed by atoms with Gasteiger partial charge in [-0.1, -0.05) is 48.0 Å². The molecule has 0 aromatic heterocycles. The minimum absolute atomic E-state index is 0.00180. The average molecular weight is 392 g/mol. The second kappa shape index (κ2) is 7.17. The van der Waals surface area contributed by atoms with Gasteiger partial charge >= 0.3 is 0 Å². The van der Waals surface area contributed by atoms with Gasteiger partial charge in [0.1, 0.15) is 0 Å². The van der Waals surface area contributed by atoms with E-state index in [0.29, 0.717) is 27.7 Å². The van der Waals surface area contributed by atoms with Crippen LogP contribution in [0, 0.1) is 10.1 Å². The summed E-state index contributed by atoms with van der Waals surface area (Å²) in [5.74, 6) is -0.245. The molecule has 6 nitrogen and oxygen atoms in total. The number of hydrogen-bond donors (Lipinski definition) is 2. The number of amides is 1. The number of carbonyl (C=O) groups is 1. The van der Waals surface area contributed by atoms with Crippen molar-refractivity contribution in [2.75, 3.05) is 10.6 Å². The van der Waals surface area contributed by atoms with Gasteiger partial charge in [-0.15, -0.1) is 0 Å². The molecule has 1 aliphatic rings. The number of nitro benzene ring substituents is 1. The summed E-state index contributed by atoms with van der Waals surface area (Å²) in [5, 5.41) is 17.5. The molecule has 138 valence electrons. The van der Waals surface area contributed by atoms with Crippen molar-refractivity contribution in [3.63, 3.8) is 0 Å². The molecule has 4 rings (SSSR count).